The Morgan fingerprint density at radius 2 is 1.89 bits per heavy atom. The molecule has 1 rings (SSSR count). The van der Waals surface area contributed by atoms with Gasteiger partial charge in [0.15, 0.2) is 0 Å². The first-order valence-electron chi connectivity index (χ1n) is 7.13. The van der Waals surface area contributed by atoms with Crippen LogP contribution in [0.5, 0.6) is 0 Å². The molecule has 4 nitrogen and oxygen atoms in total. The van der Waals surface area contributed by atoms with Crippen molar-refractivity contribution in [2.24, 2.45) is 5.92 Å². The van der Waals surface area contributed by atoms with E-state index in [0.29, 0.717) is 24.5 Å². The summed E-state index contributed by atoms with van der Waals surface area (Å²) in [5.41, 5.74) is 0. The molecule has 1 fully saturated rings. The van der Waals surface area contributed by atoms with Gasteiger partial charge in [-0.15, -0.1) is 0 Å². The van der Waals surface area contributed by atoms with Crippen molar-refractivity contribution in [2.75, 3.05) is 13.2 Å². The van der Waals surface area contributed by atoms with Crippen molar-refractivity contribution >= 4 is 5.91 Å². The number of rotatable bonds is 6. The summed E-state index contributed by atoms with van der Waals surface area (Å²) < 4.78 is 0. The summed E-state index contributed by atoms with van der Waals surface area (Å²) in [4.78, 5) is 14.4. The van der Waals surface area contributed by atoms with Gasteiger partial charge in [-0.05, 0) is 46.0 Å². The second-order valence-electron chi connectivity index (χ2n) is 5.76. The fraction of sp³-hybridized carbons (Fsp3) is 0.929. The molecule has 1 amide bonds. The maximum atomic E-state index is 12.1. The molecule has 0 radical (unpaired) electrons. The molecule has 1 heterocycles. The SMILES string of the molecule is CC(CCO)CNC(=O)C(C)N1C(C)CCC1C. The van der Waals surface area contributed by atoms with Crippen LogP contribution in [0.1, 0.15) is 47.0 Å². The van der Waals surface area contributed by atoms with Crippen LogP contribution in [0.25, 0.3) is 0 Å². The zero-order valence-corrected chi connectivity index (χ0v) is 12.1. The number of carbonyl (C=O) groups is 1. The first kappa shape index (κ1) is 15.4. The van der Waals surface area contributed by atoms with Crippen molar-refractivity contribution in [3.05, 3.63) is 0 Å². The number of aliphatic hydroxyl groups is 1. The van der Waals surface area contributed by atoms with E-state index in [1.807, 2.05) is 13.8 Å². The third-order valence-electron chi connectivity index (χ3n) is 4.09. The standard InChI is InChI=1S/C14H28N2O2/c1-10(7-8-17)9-15-14(18)13(4)16-11(2)5-6-12(16)3/h10-13,17H,5-9H2,1-4H3,(H,15,18). The number of carbonyl (C=O) groups excluding carboxylic acids is 1. The monoisotopic (exact) mass is 256 g/mol. The molecule has 0 spiro atoms. The third kappa shape index (κ3) is 3.95. The Labute approximate surface area is 111 Å². The number of nitrogens with one attached hydrogen (secondary N) is 1. The predicted molar refractivity (Wildman–Crippen MR) is 73.3 cm³/mol. The summed E-state index contributed by atoms with van der Waals surface area (Å²) in [7, 11) is 0. The molecule has 1 aliphatic rings. The van der Waals surface area contributed by atoms with E-state index in [4.69, 9.17) is 5.11 Å². The van der Waals surface area contributed by atoms with Crippen molar-refractivity contribution < 1.29 is 9.90 Å². The number of nitrogens with zero attached hydrogens (tertiary/aromatic N) is 1. The zero-order valence-electron chi connectivity index (χ0n) is 12.1. The van der Waals surface area contributed by atoms with Crippen LogP contribution in [0.2, 0.25) is 0 Å². The van der Waals surface area contributed by atoms with Gasteiger partial charge in [0.05, 0.1) is 6.04 Å². The fourth-order valence-electron chi connectivity index (χ4n) is 2.86. The first-order chi connectivity index (χ1) is 8.47. The number of hydrogen-bond acceptors (Lipinski definition) is 3. The molecule has 18 heavy (non-hydrogen) atoms. The molecule has 0 aromatic rings. The van der Waals surface area contributed by atoms with E-state index in [1.165, 1.54) is 12.8 Å². The summed E-state index contributed by atoms with van der Waals surface area (Å²) in [5, 5.41) is 11.8. The largest absolute Gasteiger partial charge is 0.396 e. The summed E-state index contributed by atoms with van der Waals surface area (Å²) in [6.45, 7) is 9.27. The van der Waals surface area contributed by atoms with Gasteiger partial charge in [-0.2, -0.15) is 0 Å². The first-order valence-corrected chi connectivity index (χ1v) is 7.13. The molecular formula is C14H28N2O2. The second-order valence-corrected chi connectivity index (χ2v) is 5.76. The topological polar surface area (TPSA) is 52.6 Å². The number of aliphatic hydroxyl groups excluding tert-OH is 1. The second kappa shape index (κ2) is 7.10. The molecule has 0 bridgehead atoms. The van der Waals surface area contributed by atoms with Gasteiger partial charge in [0.25, 0.3) is 0 Å². The molecule has 0 aromatic carbocycles. The highest BCUT2D eigenvalue weighted by molar-refractivity contribution is 5.81. The minimum Gasteiger partial charge on any atom is -0.396 e. The lowest BCUT2D eigenvalue weighted by Crippen LogP contribution is -2.49. The minimum absolute atomic E-state index is 0.0566. The van der Waals surface area contributed by atoms with Gasteiger partial charge in [-0.3, -0.25) is 9.69 Å². The Morgan fingerprint density at radius 1 is 1.33 bits per heavy atom. The van der Waals surface area contributed by atoms with Crippen molar-refractivity contribution in [2.45, 2.75) is 65.1 Å². The Balaban J connectivity index is 2.41. The molecule has 1 aliphatic heterocycles. The summed E-state index contributed by atoms with van der Waals surface area (Å²) in [6, 6.07) is 0.935. The lowest BCUT2D eigenvalue weighted by molar-refractivity contribution is -0.127. The minimum atomic E-state index is -0.0566. The molecule has 1 saturated heterocycles. The van der Waals surface area contributed by atoms with E-state index in [-0.39, 0.29) is 18.6 Å². The molecule has 106 valence electrons. The van der Waals surface area contributed by atoms with E-state index in [9.17, 15) is 4.79 Å². The molecule has 0 saturated carbocycles. The Hall–Kier alpha value is -0.610. The number of hydrogen-bond donors (Lipinski definition) is 2. The lowest BCUT2D eigenvalue weighted by atomic mass is 10.1. The van der Waals surface area contributed by atoms with Crippen LogP contribution >= 0.6 is 0 Å². The van der Waals surface area contributed by atoms with Crippen LogP contribution in [0.15, 0.2) is 0 Å². The maximum Gasteiger partial charge on any atom is 0.237 e. The highest BCUT2D eigenvalue weighted by Crippen LogP contribution is 2.25. The number of amides is 1. The van der Waals surface area contributed by atoms with Crippen molar-refractivity contribution in [1.82, 2.24) is 10.2 Å². The number of likely N-dealkylation sites (tertiary alicyclic amines) is 1. The molecule has 0 aliphatic carbocycles. The summed E-state index contributed by atoms with van der Waals surface area (Å²) in [5.74, 6) is 0.444. The molecule has 4 atom stereocenters. The summed E-state index contributed by atoms with van der Waals surface area (Å²) in [6.07, 6.45) is 3.10. The van der Waals surface area contributed by atoms with Crippen LogP contribution in [-0.4, -0.2) is 47.2 Å². The normalized spacial score (nSPS) is 28.1. The van der Waals surface area contributed by atoms with E-state index >= 15 is 0 Å². The van der Waals surface area contributed by atoms with Crippen LogP contribution < -0.4 is 5.32 Å². The zero-order chi connectivity index (χ0) is 13.7. The van der Waals surface area contributed by atoms with Gasteiger partial charge in [-0.1, -0.05) is 6.92 Å². The van der Waals surface area contributed by atoms with E-state index in [0.717, 1.165) is 6.42 Å². The van der Waals surface area contributed by atoms with Crippen molar-refractivity contribution in [1.29, 1.82) is 0 Å². The lowest BCUT2D eigenvalue weighted by Gasteiger charge is -2.31. The Bertz CT molecular complexity index is 261. The third-order valence-corrected chi connectivity index (χ3v) is 4.09. The van der Waals surface area contributed by atoms with Gasteiger partial charge >= 0.3 is 0 Å². The Kier molecular flexibility index (Phi) is 6.09. The van der Waals surface area contributed by atoms with Gasteiger partial charge < -0.3 is 10.4 Å². The van der Waals surface area contributed by atoms with E-state index in [2.05, 4.69) is 24.1 Å². The van der Waals surface area contributed by atoms with Gasteiger partial charge in [0, 0.05) is 25.2 Å². The van der Waals surface area contributed by atoms with E-state index < -0.39 is 0 Å². The Morgan fingerprint density at radius 3 is 2.39 bits per heavy atom. The van der Waals surface area contributed by atoms with Gasteiger partial charge in [-0.25, -0.2) is 0 Å². The van der Waals surface area contributed by atoms with Crippen molar-refractivity contribution in [3.8, 4) is 0 Å². The average molecular weight is 256 g/mol. The smallest absolute Gasteiger partial charge is 0.237 e. The van der Waals surface area contributed by atoms with Crippen LogP contribution in [0.4, 0.5) is 0 Å². The van der Waals surface area contributed by atoms with Crippen LogP contribution in [0, 0.1) is 5.92 Å². The highest BCUT2D eigenvalue weighted by Gasteiger charge is 2.34. The van der Waals surface area contributed by atoms with Gasteiger partial charge in [0.2, 0.25) is 5.91 Å². The molecular weight excluding hydrogens is 228 g/mol. The molecule has 4 heteroatoms. The molecule has 0 aromatic heterocycles. The van der Waals surface area contributed by atoms with Crippen LogP contribution in [-0.2, 0) is 4.79 Å². The fourth-order valence-corrected chi connectivity index (χ4v) is 2.86. The summed E-state index contributed by atoms with van der Waals surface area (Å²) >= 11 is 0. The quantitative estimate of drug-likeness (QED) is 0.755. The van der Waals surface area contributed by atoms with E-state index in [1.54, 1.807) is 0 Å². The van der Waals surface area contributed by atoms with Crippen molar-refractivity contribution in [3.63, 3.8) is 0 Å². The molecule has 4 unspecified atom stereocenters. The van der Waals surface area contributed by atoms with Gasteiger partial charge in [0.1, 0.15) is 0 Å². The highest BCUT2D eigenvalue weighted by atomic mass is 16.3. The molecule has 2 N–H and O–H groups in total. The van der Waals surface area contributed by atoms with Crippen LogP contribution in [0.3, 0.4) is 0 Å². The maximum absolute atomic E-state index is 12.1. The average Bonchev–Trinajstić information content (AvgIpc) is 2.65. The predicted octanol–water partition coefficient (Wildman–Crippen LogP) is 1.38.